The van der Waals surface area contributed by atoms with Crippen LogP contribution in [0.25, 0.3) is 33.1 Å². The Balaban J connectivity index is 1.65. The Morgan fingerprint density at radius 2 is 1.58 bits per heavy atom. The van der Waals surface area contributed by atoms with Crippen molar-refractivity contribution in [3.05, 3.63) is 78.4 Å². The molecule has 0 saturated heterocycles. The Labute approximate surface area is 180 Å². The van der Waals surface area contributed by atoms with Crippen molar-refractivity contribution in [1.82, 2.24) is 14.5 Å². The third-order valence-corrected chi connectivity index (χ3v) is 5.83. The summed E-state index contributed by atoms with van der Waals surface area (Å²) in [6.07, 6.45) is 1.61. The maximum absolute atomic E-state index is 13.4. The second kappa shape index (κ2) is 7.84. The van der Waals surface area contributed by atoms with Crippen LogP contribution in [0.15, 0.2) is 72.8 Å². The van der Waals surface area contributed by atoms with E-state index in [2.05, 4.69) is 24.4 Å². The lowest BCUT2D eigenvalue weighted by atomic mass is 10.1. The van der Waals surface area contributed by atoms with Gasteiger partial charge in [0, 0.05) is 11.1 Å². The minimum Gasteiger partial charge on any atom is -0.324 e. The number of benzene rings is 3. The molecule has 1 unspecified atom stereocenters. The summed E-state index contributed by atoms with van der Waals surface area (Å²) in [7, 11) is 0. The average molecular weight is 409 g/mol. The van der Waals surface area contributed by atoms with Crippen molar-refractivity contribution in [2.45, 2.75) is 32.7 Å². The van der Waals surface area contributed by atoms with Crippen LogP contribution in [0, 0.1) is 0 Å². The van der Waals surface area contributed by atoms with Gasteiger partial charge in [0.15, 0.2) is 5.65 Å². The molecule has 3 aromatic carbocycles. The van der Waals surface area contributed by atoms with E-state index in [1.165, 1.54) is 5.56 Å². The Kier molecular flexibility index (Phi) is 4.86. The van der Waals surface area contributed by atoms with Crippen molar-refractivity contribution in [3.8, 4) is 0 Å². The van der Waals surface area contributed by atoms with Crippen LogP contribution >= 0.6 is 0 Å². The minimum absolute atomic E-state index is 0.0515. The molecule has 0 saturated carbocycles. The highest BCUT2D eigenvalue weighted by molar-refractivity contribution is 6.08. The normalized spacial score (nSPS) is 12.5. The third kappa shape index (κ3) is 3.32. The molecule has 0 aliphatic carbocycles. The zero-order chi connectivity index (χ0) is 21.4. The zero-order valence-electron chi connectivity index (χ0n) is 17.7. The number of para-hydroxylation sites is 3. The first kappa shape index (κ1) is 19.2. The maximum Gasteiger partial charge on any atom is 0.247 e. The van der Waals surface area contributed by atoms with Gasteiger partial charge in [0.25, 0.3) is 0 Å². The van der Waals surface area contributed by atoms with Gasteiger partial charge in [0.1, 0.15) is 11.6 Å². The van der Waals surface area contributed by atoms with E-state index in [4.69, 9.17) is 9.97 Å². The predicted molar refractivity (Wildman–Crippen MR) is 126 cm³/mol. The fraction of sp³-hybridized carbons (Fsp3) is 0.192. The maximum atomic E-state index is 13.4. The molecule has 31 heavy (non-hydrogen) atoms. The van der Waals surface area contributed by atoms with Gasteiger partial charge < -0.3 is 9.88 Å². The smallest absolute Gasteiger partial charge is 0.247 e. The van der Waals surface area contributed by atoms with Crippen LogP contribution < -0.4 is 5.32 Å². The van der Waals surface area contributed by atoms with Crippen LogP contribution in [0.4, 0.5) is 5.69 Å². The van der Waals surface area contributed by atoms with Crippen LogP contribution in [-0.4, -0.2) is 20.4 Å². The molecule has 0 aliphatic rings. The summed E-state index contributed by atoms with van der Waals surface area (Å²) in [6, 6.07) is 23.6. The van der Waals surface area contributed by atoms with Gasteiger partial charge >= 0.3 is 0 Å². The molecule has 5 aromatic rings. The van der Waals surface area contributed by atoms with E-state index >= 15 is 0 Å². The van der Waals surface area contributed by atoms with Gasteiger partial charge in [-0.25, -0.2) is 9.97 Å². The number of nitrogens with one attached hydrogen (secondary N) is 1. The standard InChI is InChI=1S/C26H24N4O/c1-3-17-13-15-18(16-14-17)27-26(31)22(4-2)30-23-12-8-5-9-19(23)24-25(30)29-21-11-7-6-10-20(21)28-24/h5-16,22H,3-4H2,1-2H3,(H,27,31). The van der Waals surface area contributed by atoms with Gasteiger partial charge in [-0.1, -0.05) is 56.3 Å². The van der Waals surface area contributed by atoms with Gasteiger partial charge in [0.2, 0.25) is 5.91 Å². The molecular weight excluding hydrogens is 384 g/mol. The van der Waals surface area contributed by atoms with Crippen molar-refractivity contribution in [3.63, 3.8) is 0 Å². The number of aromatic nitrogens is 3. The molecule has 1 amide bonds. The quantitative estimate of drug-likeness (QED) is 0.394. The molecule has 154 valence electrons. The lowest BCUT2D eigenvalue weighted by Gasteiger charge is -2.19. The Morgan fingerprint density at radius 3 is 2.29 bits per heavy atom. The third-order valence-electron chi connectivity index (χ3n) is 5.83. The summed E-state index contributed by atoms with van der Waals surface area (Å²) in [5.74, 6) is -0.0515. The van der Waals surface area contributed by atoms with E-state index in [1.807, 2.05) is 72.2 Å². The van der Waals surface area contributed by atoms with E-state index in [9.17, 15) is 4.79 Å². The summed E-state index contributed by atoms with van der Waals surface area (Å²) >= 11 is 0. The molecule has 1 N–H and O–H groups in total. The number of hydrogen-bond acceptors (Lipinski definition) is 3. The molecule has 1 atom stereocenters. The van der Waals surface area contributed by atoms with Gasteiger partial charge in [0.05, 0.1) is 16.6 Å². The number of amides is 1. The SMILES string of the molecule is CCc1ccc(NC(=O)C(CC)n2c3ccccc3c3nc4ccccc4nc32)cc1. The molecule has 0 radical (unpaired) electrons. The molecule has 5 heteroatoms. The number of fused-ring (bicyclic) bond motifs is 4. The summed E-state index contributed by atoms with van der Waals surface area (Å²) in [4.78, 5) is 23.2. The van der Waals surface area contributed by atoms with Gasteiger partial charge in [-0.15, -0.1) is 0 Å². The van der Waals surface area contributed by atoms with E-state index in [-0.39, 0.29) is 5.91 Å². The second-order valence-electron chi connectivity index (χ2n) is 7.74. The van der Waals surface area contributed by atoms with E-state index < -0.39 is 6.04 Å². The monoisotopic (exact) mass is 408 g/mol. The second-order valence-corrected chi connectivity index (χ2v) is 7.74. The highest BCUT2D eigenvalue weighted by Crippen LogP contribution is 2.32. The number of aryl methyl sites for hydroxylation is 1. The highest BCUT2D eigenvalue weighted by atomic mass is 16.2. The Bertz CT molecular complexity index is 1400. The number of hydrogen-bond donors (Lipinski definition) is 1. The molecule has 0 fully saturated rings. The van der Waals surface area contributed by atoms with Crippen molar-refractivity contribution < 1.29 is 4.79 Å². The first-order valence-corrected chi connectivity index (χ1v) is 10.7. The summed E-state index contributed by atoms with van der Waals surface area (Å²) in [5.41, 5.74) is 6.26. The molecule has 0 aliphatic heterocycles. The molecule has 0 spiro atoms. The van der Waals surface area contributed by atoms with Crippen LogP contribution in [0.3, 0.4) is 0 Å². The number of nitrogens with zero attached hydrogens (tertiary/aromatic N) is 3. The minimum atomic E-state index is -0.399. The molecular formula is C26H24N4O. The van der Waals surface area contributed by atoms with E-state index in [0.717, 1.165) is 45.2 Å². The molecule has 5 nitrogen and oxygen atoms in total. The largest absolute Gasteiger partial charge is 0.324 e. The van der Waals surface area contributed by atoms with Gasteiger partial charge in [-0.2, -0.15) is 0 Å². The zero-order valence-corrected chi connectivity index (χ0v) is 17.7. The highest BCUT2D eigenvalue weighted by Gasteiger charge is 2.25. The van der Waals surface area contributed by atoms with E-state index in [1.54, 1.807) is 0 Å². The molecule has 2 aromatic heterocycles. The van der Waals surface area contributed by atoms with Gasteiger partial charge in [-0.3, -0.25) is 4.79 Å². The lowest BCUT2D eigenvalue weighted by molar-refractivity contribution is -0.119. The van der Waals surface area contributed by atoms with Crippen molar-refractivity contribution in [1.29, 1.82) is 0 Å². The molecule has 0 bridgehead atoms. The summed E-state index contributed by atoms with van der Waals surface area (Å²) in [6.45, 7) is 4.15. The fourth-order valence-electron chi connectivity index (χ4n) is 4.19. The summed E-state index contributed by atoms with van der Waals surface area (Å²) in [5, 5.41) is 4.10. The van der Waals surface area contributed by atoms with E-state index in [0.29, 0.717) is 6.42 Å². The first-order chi connectivity index (χ1) is 15.2. The number of carbonyl (C=O) groups excluding carboxylic acids is 1. The topological polar surface area (TPSA) is 59.8 Å². The fourth-order valence-corrected chi connectivity index (χ4v) is 4.19. The average Bonchev–Trinajstić information content (AvgIpc) is 3.12. The number of anilines is 1. The van der Waals surface area contributed by atoms with Crippen molar-refractivity contribution >= 4 is 44.7 Å². The predicted octanol–water partition coefficient (Wildman–Crippen LogP) is 5.89. The van der Waals surface area contributed by atoms with Crippen molar-refractivity contribution in [2.75, 3.05) is 5.32 Å². The Hall–Kier alpha value is -3.73. The van der Waals surface area contributed by atoms with Crippen LogP contribution in [-0.2, 0) is 11.2 Å². The Morgan fingerprint density at radius 1 is 0.903 bits per heavy atom. The lowest BCUT2D eigenvalue weighted by Crippen LogP contribution is -2.25. The molecule has 5 rings (SSSR count). The molecule has 2 heterocycles. The number of rotatable bonds is 5. The van der Waals surface area contributed by atoms with Crippen LogP contribution in [0.5, 0.6) is 0 Å². The number of carbonyl (C=O) groups is 1. The van der Waals surface area contributed by atoms with Crippen molar-refractivity contribution in [2.24, 2.45) is 0 Å². The van der Waals surface area contributed by atoms with Crippen LogP contribution in [0.1, 0.15) is 31.9 Å². The van der Waals surface area contributed by atoms with Gasteiger partial charge in [-0.05, 0) is 48.7 Å². The van der Waals surface area contributed by atoms with Crippen LogP contribution in [0.2, 0.25) is 0 Å². The summed E-state index contributed by atoms with van der Waals surface area (Å²) < 4.78 is 2.04. The first-order valence-electron chi connectivity index (χ1n) is 10.7.